The van der Waals surface area contributed by atoms with Crippen molar-refractivity contribution in [3.05, 3.63) is 11.4 Å². The molecule has 0 saturated heterocycles. The molecule has 0 aliphatic rings. The van der Waals surface area contributed by atoms with Gasteiger partial charge in [-0.05, 0) is 0 Å². The Labute approximate surface area is 62.1 Å². The van der Waals surface area contributed by atoms with Gasteiger partial charge < -0.3 is 0 Å². The number of halogens is 3. The zero-order valence-electron chi connectivity index (χ0n) is 5.52. The molecule has 0 aliphatic heterocycles. The number of rotatable bonds is 2. The number of nitriles is 1. The van der Waals surface area contributed by atoms with Crippen molar-refractivity contribution >= 4 is 0 Å². The molecule has 1 atom stereocenters. The first kappa shape index (κ1) is 9.77. The Balaban J connectivity index is 3.74. The van der Waals surface area contributed by atoms with Crippen molar-refractivity contribution < 1.29 is 13.2 Å². The van der Waals surface area contributed by atoms with Crippen LogP contribution >= 0.6 is 0 Å². The Bertz CT molecular complexity index is 181. The summed E-state index contributed by atoms with van der Waals surface area (Å²) in [6.45, 7) is 6.30. The molecule has 0 spiro atoms. The third-order valence-electron chi connectivity index (χ3n) is 1.01. The minimum absolute atomic E-state index is 0.427. The second-order valence-corrected chi connectivity index (χ2v) is 1.93. The summed E-state index contributed by atoms with van der Waals surface area (Å²) in [7, 11) is 0. The van der Waals surface area contributed by atoms with Crippen molar-refractivity contribution in [2.45, 2.75) is 25.1 Å². The number of hydrogen-bond donors (Lipinski definition) is 0. The highest BCUT2D eigenvalue weighted by molar-refractivity contribution is 4.98. The van der Waals surface area contributed by atoms with Crippen molar-refractivity contribution in [2.24, 2.45) is 0 Å². The van der Waals surface area contributed by atoms with E-state index in [1.807, 2.05) is 0 Å². The summed E-state index contributed by atoms with van der Waals surface area (Å²) in [5, 5.41) is 8.09. The van der Waals surface area contributed by atoms with E-state index in [0.717, 1.165) is 0 Å². The molecular formula is C6H5F3N2. The van der Waals surface area contributed by atoms with Gasteiger partial charge >= 0.3 is 12.2 Å². The van der Waals surface area contributed by atoms with Crippen LogP contribution in [-0.2, 0) is 0 Å². The predicted molar refractivity (Wildman–Crippen MR) is 31.3 cm³/mol. The quantitative estimate of drug-likeness (QED) is 0.571. The molecule has 0 rings (SSSR count). The molecule has 0 heterocycles. The van der Waals surface area contributed by atoms with Crippen LogP contribution in [0.4, 0.5) is 13.2 Å². The molecule has 0 saturated carbocycles. The summed E-state index contributed by atoms with van der Waals surface area (Å²) < 4.78 is 34.4. The molecule has 0 radical (unpaired) electrons. The van der Waals surface area contributed by atoms with Gasteiger partial charge in [0, 0.05) is 6.42 Å². The van der Waals surface area contributed by atoms with E-state index in [-0.39, 0.29) is 0 Å². The topological polar surface area (TPSA) is 28.1 Å². The summed E-state index contributed by atoms with van der Waals surface area (Å²) in [4.78, 5) is 2.70. The first-order chi connectivity index (χ1) is 4.99. The Hall–Kier alpha value is -1.23. The Morgan fingerprint density at radius 1 is 1.55 bits per heavy atom. The largest absolute Gasteiger partial charge is 0.389 e. The maximum atomic E-state index is 11.5. The summed E-state index contributed by atoms with van der Waals surface area (Å²) in [5.74, 6) is 0. The fourth-order valence-electron chi connectivity index (χ4n) is 0.458. The molecule has 2 nitrogen and oxygen atoms in total. The van der Waals surface area contributed by atoms with Gasteiger partial charge in [-0.25, -0.2) is 6.57 Å². The van der Waals surface area contributed by atoms with Crippen LogP contribution in [0.3, 0.4) is 0 Å². The molecular weight excluding hydrogens is 157 g/mol. The molecule has 0 aromatic heterocycles. The molecule has 11 heavy (non-hydrogen) atoms. The van der Waals surface area contributed by atoms with Gasteiger partial charge in [-0.15, -0.1) is 0 Å². The lowest BCUT2D eigenvalue weighted by atomic mass is 10.2. The SMILES string of the molecule is [C-]#[N+]C(C#N)CCC(F)(F)F. The zero-order valence-corrected chi connectivity index (χ0v) is 5.52. The lowest BCUT2D eigenvalue weighted by Gasteiger charge is -2.02. The van der Waals surface area contributed by atoms with Gasteiger partial charge in [0.05, 0.1) is 6.42 Å². The van der Waals surface area contributed by atoms with Crippen LogP contribution in [0, 0.1) is 17.9 Å². The van der Waals surface area contributed by atoms with Crippen molar-refractivity contribution in [3.63, 3.8) is 0 Å². The summed E-state index contributed by atoms with van der Waals surface area (Å²) in [6, 6.07) is 0.314. The van der Waals surface area contributed by atoms with E-state index in [1.165, 1.54) is 6.07 Å². The Morgan fingerprint density at radius 3 is 2.36 bits per heavy atom. The first-order valence-corrected chi connectivity index (χ1v) is 2.82. The second-order valence-electron chi connectivity index (χ2n) is 1.93. The highest BCUT2D eigenvalue weighted by atomic mass is 19.4. The van der Waals surface area contributed by atoms with Crippen LogP contribution < -0.4 is 0 Å². The maximum Gasteiger partial charge on any atom is 0.389 e. The number of nitrogens with zero attached hydrogens (tertiary/aromatic N) is 2. The molecule has 0 aliphatic carbocycles. The van der Waals surface area contributed by atoms with Crippen molar-refractivity contribution in [1.82, 2.24) is 0 Å². The van der Waals surface area contributed by atoms with Crippen LogP contribution in [0.2, 0.25) is 0 Å². The van der Waals surface area contributed by atoms with E-state index in [0.29, 0.717) is 0 Å². The van der Waals surface area contributed by atoms with Crippen molar-refractivity contribution in [2.75, 3.05) is 0 Å². The van der Waals surface area contributed by atoms with Crippen LogP contribution in [0.15, 0.2) is 0 Å². The Kier molecular flexibility index (Phi) is 3.39. The van der Waals surface area contributed by atoms with Gasteiger partial charge in [-0.1, -0.05) is 0 Å². The minimum atomic E-state index is -4.26. The smallest absolute Gasteiger partial charge is 0.297 e. The molecule has 0 aromatic carbocycles. The number of hydrogen-bond acceptors (Lipinski definition) is 1. The van der Waals surface area contributed by atoms with Gasteiger partial charge in [0.2, 0.25) is 0 Å². The molecule has 0 amide bonds. The average Bonchev–Trinajstić information content (AvgIpc) is 1.88. The van der Waals surface area contributed by atoms with Crippen molar-refractivity contribution in [3.8, 4) is 6.07 Å². The molecule has 5 heteroatoms. The van der Waals surface area contributed by atoms with Crippen molar-refractivity contribution in [1.29, 1.82) is 5.26 Å². The second kappa shape index (κ2) is 3.82. The van der Waals surface area contributed by atoms with Crippen LogP contribution in [0.1, 0.15) is 12.8 Å². The Morgan fingerprint density at radius 2 is 2.09 bits per heavy atom. The first-order valence-electron chi connectivity index (χ1n) is 2.82. The zero-order chi connectivity index (χ0) is 8.91. The predicted octanol–water partition coefficient (Wildman–Crippen LogP) is 2.14. The molecule has 0 fully saturated rings. The van der Waals surface area contributed by atoms with E-state index < -0.39 is 25.1 Å². The van der Waals surface area contributed by atoms with E-state index in [4.69, 9.17) is 11.8 Å². The van der Waals surface area contributed by atoms with Gasteiger partial charge in [0.15, 0.2) is 6.07 Å². The molecule has 0 aromatic rings. The molecule has 0 N–H and O–H groups in total. The van der Waals surface area contributed by atoms with Gasteiger partial charge in [-0.2, -0.15) is 18.4 Å². The summed E-state index contributed by atoms with van der Waals surface area (Å²) in [5.41, 5.74) is 0. The van der Waals surface area contributed by atoms with Crippen LogP contribution in [0.5, 0.6) is 0 Å². The fourth-order valence-corrected chi connectivity index (χ4v) is 0.458. The minimum Gasteiger partial charge on any atom is -0.297 e. The van der Waals surface area contributed by atoms with Crippen LogP contribution in [-0.4, -0.2) is 12.2 Å². The average molecular weight is 162 g/mol. The summed E-state index contributed by atoms with van der Waals surface area (Å²) >= 11 is 0. The maximum absolute atomic E-state index is 11.5. The van der Waals surface area contributed by atoms with Gasteiger partial charge in [-0.3, -0.25) is 4.85 Å². The van der Waals surface area contributed by atoms with E-state index in [1.54, 1.807) is 0 Å². The lowest BCUT2D eigenvalue weighted by molar-refractivity contribution is -0.135. The third-order valence-corrected chi connectivity index (χ3v) is 1.01. The monoisotopic (exact) mass is 162 g/mol. The number of alkyl halides is 3. The van der Waals surface area contributed by atoms with E-state index >= 15 is 0 Å². The van der Waals surface area contributed by atoms with Gasteiger partial charge in [0.25, 0.3) is 0 Å². The third kappa shape index (κ3) is 5.23. The van der Waals surface area contributed by atoms with Crippen LogP contribution in [0.25, 0.3) is 4.85 Å². The lowest BCUT2D eigenvalue weighted by Crippen LogP contribution is -2.10. The molecule has 1 unspecified atom stereocenters. The highest BCUT2D eigenvalue weighted by Gasteiger charge is 2.29. The highest BCUT2D eigenvalue weighted by Crippen LogP contribution is 2.22. The molecule has 0 bridgehead atoms. The van der Waals surface area contributed by atoms with Gasteiger partial charge in [0.1, 0.15) is 0 Å². The standard InChI is InChI=1S/C6H5F3N2/c1-11-5(4-10)2-3-6(7,8)9/h5H,2-3H2. The normalized spacial score (nSPS) is 13.2. The van der Waals surface area contributed by atoms with E-state index in [9.17, 15) is 13.2 Å². The van der Waals surface area contributed by atoms with E-state index in [2.05, 4.69) is 4.85 Å². The molecule has 60 valence electrons. The fraction of sp³-hybridized carbons (Fsp3) is 0.667. The summed E-state index contributed by atoms with van der Waals surface area (Å²) in [6.07, 6.45) is -5.75.